The van der Waals surface area contributed by atoms with Crippen LogP contribution in [-0.4, -0.2) is 44.3 Å². The van der Waals surface area contributed by atoms with Crippen molar-refractivity contribution in [2.45, 2.75) is 58.5 Å². The number of nitrogens with one attached hydrogen (secondary N) is 1. The topological polar surface area (TPSA) is 86.8 Å². The zero-order valence-corrected chi connectivity index (χ0v) is 24.2. The van der Waals surface area contributed by atoms with E-state index in [1.807, 2.05) is 64.1 Å². The van der Waals surface area contributed by atoms with Gasteiger partial charge in [0.05, 0.1) is 10.6 Å². The van der Waals surface area contributed by atoms with Gasteiger partial charge in [0.1, 0.15) is 12.6 Å². The fourth-order valence-corrected chi connectivity index (χ4v) is 5.62. The van der Waals surface area contributed by atoms with Crippen molar-refractivity contribution in [2.75, 3.05) is 17.4 Å². The molecule has 0 saturated carbocycles. The van der Waals surface area contributed by atoms with Crippen molar-refractivity contribution < 1.29 is 18.0 Å². The summed E-state index contributed by atoms with van der Waals surface area (Å²) in [6, 6.07) is 22.1. The highest BCUT2D eigenvalue weighted by Gasteiger charge is 2.32. The van der Waals surface area contributed by atoms with Gasteiger partial charge < -0.3 is 10.2 Å². The quantitative estimate of drug-likeness (QED) is 0.347. The minimum atomic E-state index is -4.06. The molecule has 0 bridgehead atoms. The standard InChI is InChI=1S/C31H39N3O4S/c1-6-26-15-17-28(18-16-26)34(39(37,38)29-13-8-7-9-14-29)22-30(35)33(21-27-12-10-11-24(4)19-27)25(5)31(36)32-20-23(2)3/h7-19,23,25H,6,20-22H2,1-5H3,(H,32,36). The lowest BCUT2D eigenvalue weighted by Gasteiger charge is -2.32. The van der Waals surface area contributed by atoms with Gasteiger partial charge in [0.15, 0.2) is 0 Å². The van der Waals surface area contributed by atoms with E-state index in [-0.39, 0.29) is 23.3 Å². The molecule has 0 radical (unpaired) electrons. The van der Waals surface area contributed by atoms with Crippen LogP contribution in [0.2, 0.25) is 0 Å². The van der Waals surface area contributed by atoms with Crippen LogP contribution in [0.4, 0.5) is 5.69 Å². The van der Waals surface area contributed by atoms with Gasteiger partial charge in [0, 0.05) is 13.1 Å². The Bertz CT molecular complexity index is 1360. The van der Waals surface area contributed by atoms with E-state index >= 15 is 0 Å². The number of aryl methyl sites for hydroxylation is 2. The molecule has 0 heterocycles. The van der Waals surface area contributed by atoms with Gasteiger partial charge >= 0.3 is 0 Å². The summed E-state index contributed by atoms with van der Waals surface area (Å²) in [6.07, 6.45) is 0.803. The molecule has 8 heteroatoms. The van der Waals surface area contributed by atoms with Gasteiger partial charge in [-0.3, -0.25) is 13.9 Å². The van der Waals surface area contributed by atoms with Crippen molar-refractivity contribution in [3.05, 3.63) is 95.6 Å². The summed E-state index contributed by atoms with van der Waals surface area (Å²) in [5.41, 5.74) is 3.33. The third-order valence-corrected chi connectivity index (χ3v) is 8.32. The predicted octanol–water partition coefficient (Wildman–Crippen LogP) is 4.94. The smallest absolute Gasteiger partial charge is 0.264 e. The van der Waals surface area contributed by atoms with Crippen molar-refractivity contribution in [1.82, 2.24) is 10.2 Å². The highest BCUT2D eigenvalue weighted by molar-refractivity contribution is 7.92. The molecule has 0 aliphatic rings. The van der Waals surface area contributed by atoms with Gasteiger partial charge in [0.25, 0.3) is 10.0 Å². The molecular formula is C31H39N3O4S. The van der Waals surface area contributed by atoms with Crippen molar-refractivity contribution in [3.8, 4) is 0 Å². The van der Waals surface area contributed by atoms with E-state index in [1.165, 1.54) is 17.0 Å². The highest BCUT2D eigenvalue weighted by atomic mass is 32.2. The van der Waals surface area contributed by atoms with Crippen LogP contribution in [0, 0.1) is 12.8 Å². The van der Waals surface area contributed by atoms with Crippen LogP contribution in [0.15, 0.2) is 83.8 Å². The molecule has 0 spiro atoms. The van der Waals surface area contributed by atoms with Gasteiger partial charge in [0.2, 0.25) is 11.8 Å². The largest absolute Gasteiger partial charge is 0.354 e. The third-order valence-electron chi connectivity index (χ3n) is 6.53. The number of carbonyl (C=O) groups is 2. The Balaban J connectivity index is 2.00. The van der Waals surface area contributed by atoms with E-state index in [2.05, 4.69) is 5.32 Å². The molecule has 7 nitrogen and oxygen atoms in total. The van der Waals surface area contributed by atoms with Gasteiger partial charge in [-0.1, -0.05) is 80.9 Å². The van der Waals surface area contributed by atoms with E-state index in [1.54, 1.807) is 37.3 Å². The van der Waals surface area contributed by atoms with Crippen molar-refractivity contribution in [1.29, 1.82) is 0 Å². The van der Waals surface area contributed by atoms with E-state index in [9.17, 15) is 18.0 Å². The molecule has 1 unspecified atom stereocenters. The lowest BCUT2D eigenvalue weighted by molar-refractivity contribution is -0.139. The number of sulfonamides is 1. The van der Waals surface area contributed by atoms with Crippen LogP contribution in [0.25, 0.3) is 0 Å². The minimum Gasteiger partial charge on any atom is -0.354 e. The Morgan fingerprint density at radius 1 is 0.872 bits per heavy atom. The lowest BCUT2D eigenvalue weighted by atomic mass is 10.1. The molecule has 0 aromatic heterocycles. The Morgan fingerprint density at radius 3 is 2.13 bits per heavy atom. The van der Waals surface area contributed by atoms with E-state index in [0.717, 1.165) is 27.4 Å². The Kier molecular flexibility index (Phi) is 10.3. The Hall–Kier alpha value is -3.65. The summed E-state index contributed by atoms with van der Waals surface area (Å²) in [4.78, 5) is 28.5. The second-order valence-corrected chi connectivity index (χ2v) is 12.0. The Labute approximate surface area is 232 Å². The third kappa shape index (κ3) is 7.93. The maximum atomic E-state index is 13.9. The molecule has 2 amide bonds. The molecule has 39 heavy (non-hydrogen) atoms. The monoisotopic (exact) mass is 549 g/mol. The van der Waals surface area contributed by atoms with Crippen LogP contribution in [0.1, 0.15) is 44.4 Å². The average molecular weight is 550 g/mol. The molecule has 1 atom stereocenters. The lowest BCUT2D eigenvalue weighted by Crippen LogP contribution is -2.51. The summed E-state index contributed by atoms with van der Waals surface area (Å²) in [6.45, 7) is 9.85. The van der Waals surface area contributed by atoms with E-state index in [0.29, 0.717) is 12.2 Å². The number of anilines is 1. The van der Waals surface area contributed by atoms with Gasteiger partial charge in [-0.25, -0.2) is 8.42 Å². The first kappa shape index (κ1) is 29.9. The summed E-state index contributed by atoms with van der Waals surface area (Å²) in [5.74, 6) is -0.503. The van der Waals surface area contributed by atoms with Crippen molar-refractivity contribution in [3.63, 3.8) is 0 Å². The number of hydrogen-bond acceptors (Lipinski definition) is 4. The highest BCUT2D eigenvalue weighted by Crippen LogP contribution is 2.25. The van der Waals surface area contributed by atoms with E-state index in [4.69, 9.17) is 0 Å². The first-order valence-electron chi connectivity index (χ1n) is 13.3. The molecule has 0 aliphatic heterocycles. The number of rotatable bonds is 12. The minimum absolute atomic E-state index is 0.0883. The number of nitrogens with zero attached hydrogens (tertiary/aromatic N) is 2. The van der Waals surface area contributed by atoms with Gasteiger partial charge in [-0.15, -0.1) is 0 Å². The normalized spacial score (nSPS) is 12.2. The molecule has 0 aliphatic carbocycles. The fraction of sp³-hybridized carbons (Fsp3) is 0.355. The summed E-state index contributed by atoms with van der Waals surface area (Å²) in [7, 11) is -4.06. The second-order valence-electron chi connectivity index (χ2n) is 10.2. The molecule has 3 aromatic rings. The number of hydrogen-bond donors (Lipinski definition) is 1. The van der Waals surface area contributed by atoms with Crippen molar-refractivity contribution >= 4 is 27.5 Å². The Morgan fingerprint density at radius 2 is 1.54 bits per heavy atom. The molecule has 1 N–H and O–H groups in total. The maximum Gasteiger partial charge on any atom is 0.264 e. The zero-order chi connectivity index (χ0) is 28.6. The molecule has 3 rings (SSSR count). The van der Waals surface area contributed by atoms with Crippen LogP contribution < -0.4 is 9.62 Å². The first-order valence-corrected chi connectivity index (χ1v) is 14.8. The number of amides is 2. The van der Waals surface area contributed by atoms with Crippen molar-refractivity contribution in [2.24, 2.45) is 5.92 Å². The predicted molar refractivity (Wildman–Crippen MR) is 156 cm³/mol. The molecule has 0 fully saturated rings. The zero-order valence-electron chi connectivity index (χ0n) is 23.4. The number of carbonyl (C=O) groups excluding carboxylic acids is 2. The average Bonchev–Trinajstić information content (AvgIpc) is 2.93. The number of benzene rings is 3. The molecule has 0 saturated heterocycles. The van der Waals surface area contributed by atoms with Gasteiger partial charge in [-0.05, 0) is 61.6 Å². The molecule has 3 aromatic carbocycles. The van der Waals surface area contributed by atoms with Crippen LogP contribution in [-0.2, 0) is 32.6 Å². The first-order chi connectivity index (χ1) is 18.5. The summed E-state index contributed by atoms with van der Waals surface area (Å²) >= 11 is 0. The molecule has 208 valence electrons. The maximum absolute atomic E-state index is 13.9. The SMILES string of the molecule is CCc1ccc(N(CC(=O)N(Cc2cccc(C)c2)C(C)C(=O)NCC(C)C)S(=O)(=O)c2ccccc2)cc1. The summed E-state index contributed by atoms with van der Waals surface area (Å²) < 4.78 is 28.7. The van der Waals surface area contributed by atoms with Crippen LogP contribution in [0.5, 0.6) is 0 Å². The second kappa shape index (κ2) is 13.4. The summed E-state index contributed by atoms with van der Waals surface area (Å²) in [5, 5.41) is 2.90. The van der Waals surface area contributed by atoms with Crippen LogP contribution >= 0.6 is 0 Å². The van der Waals surface area contributed by atoms with Crippen LogP contribution in [0.3, 0.4) is 0 Å². The fourth-order valence-electron chi connectivity index (χ4n) is 4.19. The van der Waals surface area contributed by atoms with Gasteiger partial charge in [-0.2, -0.15) is 0 Å². The molecular weight excluding hydrogens is 510 g/mol. The van der Waals surface area contributed by atoms with E-state index < -0.39 is 28.5 Å².